The second kappa shape index (κ2) is 10.8. The fraction of sp³-hybridized carbons (Fsp3) is 0.721. The standard InChI is InChI=1S/C43H72/c1-36(2,3)27-24-25-28(32(39(10,11)12)31(27)38(7,8)9)43(22,23)30-26-29(37(4,5)6)33(40(13,14)15)35(42(19,20)21)34(30)41(16,17)18/h24-26H,1-23H3. The molecule has 2 aromatic rings. The lowest BCUT2D eigenvalue weighted by Crippen LogP contribution is -2.38. The van der Waals surface area contributed by atoms with E-state index >= 15 is 0 Å². The van der Waals surface area contributed by atoms with E-state index in [1.807, 2.05) is 0 Å². The maximum Gasteiger partial charge on any atom is 0.0152 e. The van der Waals surface area contributed by atoms with E-state index in [2.05, 4.69) is 177 Å². The first-order chi connectivity index (χ1) is 18.6. The van der Waals surface area contributed by atoms with Crippen molar-refractivity contribution in [3.8, 4) is 0 Å². The van der Waals surface area contributed by atoms with Crippen molar-refractivity contribution in [2.45, 2.75) is 203 Å². The van der Waals surface area contributed by atoms with Crippen molar-refractivity contribution >= 4 is 0 Å². The number of rotatable bonds is 2. The molecule has 0 radical (unpaired) electrons. The van der Waals surface area contributed by atoms with Gasteiger partial charge in [0.15, 0.2) is 0 Å². The summed E-state index contributed by atoms with van der Waals surface area (Å²) in [6, 6.07) is 7.63. The zero-order chi connectivity index (χ0) is 34.3. The summed E-state index contributed by atoms with van der Waals surface area (Å²) >= 11 is 0. The average molecular weight is 589 g/mol. The zero-order valence-corrected chi connectivity index (χ0v) is 33.2. The van der Waals surface area contributed by atoms with Gasteiger partial charge in [0.1, 0.15) is 0 Å². The van der Waals surface area contributed by atoms with Gasteiger partial charge in [0.2, 0.25) is 0 Å². The van der Waals surface area contributed by atoms with Crippen molar-refractivity contribution < 1.29 is 0 Å². The van der Waals surface area contributed by atoms with E-state index in [0.717, 1.165) is 0 Å². The molecule has 0 heterocycles. The van der Waals surface area contributed by atoms with Crippen LogP contribution in [0.15, 0.2) is 18.2 Å². The molecule has 0 unspecified atom stereocenters. The van der Waals surface area contributed by atoms with Gasteiger partial charge >= 0.3 is 0 Å². The van der Waals surface area contributed by atoms with E-state index < -0.39 is 0 Å². The third kappa shape index (κ3) is 7.47. The molecule has 0 aliphatic heterocycles. The molecule has 0 spiro atoms. The Morgan fingerprint density at radius 3 is 0.814 bits per heavy atom. The van der Waals surface area contributed by atoms with Gasteiger partial charge in [-0.05, 0) is 88.0 Å². The van der Waals surface area contributed by atoms with E-state index in [4.69, 9.17) is 0 Å². The third-order valence-electron chi connectivity index (χ3n) is 9.25. The van der Waals surface area contributed by atoms with Crippen LogP contribution in [-0.2, 0) is 43.3 Å². The molecule has 0 bridgehead atoms. The SMILES string of the molecule is CC(C)(C)c1ccc(C(C)(C)c2cc(C(C)(C)C)c(C(C)(C)C)c(C(C)(C)C)c2C(C)(C)C)c(C(C)(C)C)c1C(C)(C)C. The monoisotopic (exact) mass is 589 g/mol. The summed E-state index contributed by atoms with van der Waals surface area (Å²) in [5, 5.41) is 0. The quantitative estimate of drug-likeness (QED) is 0.327. The van der Waals surface area contributed by atoms with Crippen LogP contribution in [0.1, 0.15) is 209 Å². The molecule has 0 saturated heterocycles. The molecule has 0 saturated carbocycles. The molecule has 0 aliphatic rings. The normalized spacial score (nSPS) is 14.9. The Labute approximate surface area is 270 Å². The summed E-state index contributed by atoms with van der Waals surface area (Å²) < 4.78 is 0. The molecule has 244 valence electrons. The predicted molar refractivity (Wildman–Crippen MR) is 196 cm³/mol. The molecule has 0 amide bonds. The Bertz CT molecular complexity index is 1320. The molecule has 0 heteroatoms. The lowest BCUT2D eigenvalue weighted by molar-refractivity contribution is 0.458. The van der Waals surface area contributed by atoms with Gasteiger partial charge < -0.3 is 0 Å². The maximum absolute atomic E-state index is 2.65. The van der Waals surface area contributed by atoms with Crippen LogP contribution in [0.3, 0.4) is 0 Å². The highest BCUT2D eigenvalue weighted by molar-refractivity contribution is 5.62. The smallest absolute Gasteiger partial charge is 0.0152 e. The lowest BCUT2D eigenvalue weighted by atomic mass is 9.58. The Kier molecular flexibility index (Phi) is 9.42. The molecule has 0 nitrogen and oxygen atoms in total. The topological polar surface area (TPSA) is 0 Å². The molecule has 0 atom stereocenters. The number of hydrogen-bond acceptors (Lipinski definition) is 0. The van der Waals surface area contributed by atoms with Crippen LogP contribution in [0.25, 0.3) is 0 Å². The molecule has 0 N–H and O–H groups in total. The average Bonchev–Trinajstić information content (AvgIpc) is 2.72. The van der Waals surface area contributed by atoms with Gasteiger partial charge in [-0.2, -0.15) is 0 Å². The van der Waals surface area contributed by atoms with Crippen LogP contribution in [0.4, 0.5) is 0 Å². The van der Waals surface area contributed by atoms with Gasteiger partial charge in [0.25, 0.3) is 0 Å². The van der Waals surface area contributed by atoms with Gasteiger partial charge in [-0.25, -0.2) is 0 Å². The van der Waals surface area contributed by atoms with Crippen molar-refractivity contribution in [1.29, 1.82) is 0 Å². The predicted octanol–water partition coefficient (Wildman–Crippen LogP) is 13.1. The highest BCUT2D eigenvalue weighted by Crippen LogP contribution is 2.53. The lowest BCUT2D eigenvalue weighted by Gasteiger charge is -2.46. The van der Waals surface area contributed by atoms with Gasteiger partial charge in [0.05, 0.1) is 0 Å². The molecular formula is C43H72. The van der Waals surface area contributed by atoms with Crippen LogP contribution in [0.5, 0.6) is 0 Å². The summed E-state index contributed by atoms with van der Waals surface area (Å²) in [5.74, 6) is 0. The summed E-state index contributed by atoms with van der Waals surface area (Å²) in [5.41, 5.74) is 13.6. The van der Waals surface area contributed by atoms with Crippen molar-refractivity contribution in [3.05, 3.63) is 68.3 Å². The first-order valence-corrected chi connectivity index (χ1v) is 17.0. The van der Waals surface area contributed by atoms with Gasteiger partial charge in [-0.15, -0.1) is 0 Å². The minimum absolute atomic E-state index is 0.00314. The first kappa shape index (κ1) is 37.6. The minimum Gasteiger partial charge on any atom is -0.0579 e. The summed E-state index contributed by atoms with van der Waals surface area (Å²) in [6.45, 7) is 55.8. The van der Waals surface area contributed by atoms with Gasteiger partial charge in [0, 0.05) is 5.41 Å². The molecule has 2 rings (SSSR count). The van der Waals surface area contributed by atoms with Crippen LogP contribution >= 0.6 is 0 Å². The van der Waals surface area contributed by atoms with Gasteiger partial charge in [-0.3, -0.25) is 0 Å². The third-order valence-corrected chi connectivity index (χ3v) is 9.25. The van der Waals surface area contributed by atoms with Crippen LogP contribution < -0.4 is 0 Å². The fourth-order valence-corrected chi connectivity index (χ4v) is 7.53. The second-order valence-electron chi connectivity index (χ2n) is 21.4. The van der Waals surface area contributed by atoms with E-state index in [1.165, 1.54) is 33.4 Å². The Morgan fingerprint density at radius 2 is 0.512 bits per heavy atom. The van der Waals surface area contributed by atoms with Crippen molar-refractivity contribution in [2.24, 2.45) is 0 Å². The zero-order valence-electron chi connectivity index (χ0n) is 33.2. The van der Waals surface area contributed by atoms with E-state index in [-0.39, 0.29) is 43.3 Å². The second-order valence-corrected chi connectivity index (χ2v) is 21.4. The van der Waals surface area contributed by atoms with Crippen molar-refractivity contribution in [3.63, 3.8) is 0 Å². The first-order valence-electron chi connectivity index (χ1n) is 17.0. The summed E-state index contributed by atoms with van der Waals surface area (Å²) in [7, 11) is 0. The molecule has 0 aliphatic carbocycles. The van der Waals surface area contributed by atoms with Crippen LogP contribution in [-0.4, -0.2) is 0 Å². The minimum atomic E-state index is -0.210. The largest absolute Gasteiger partial charge is 0.0579 e. The van der Waals surface area contributed by atoms with E-state index in [1.54, 1.807) is 16.7 Å². The molecule has 0 fully saturated rings. The van der Waals surface area contributed by atoms with Gasteiger partial charge in [-0.1, -0.05) is 177 Å². The Morgan fingerprint density at radius 1 is 0.256 bits per heavy atom. The molecular weight excluding hydrogens is 516 g/mol. The highest BCUT2D eigenvalue weighted by atomic mass is 14.5. The highest BCUT2D eigenvalue weighted by Gasteiger charge is 2.43. The van der Waals surface area contributed by atoms with Crippen LogP contribution in [0.2, 0.25) is 0 Å². The van der Waals surface area contributed by atoms with E-state index in [9.17, 15) is 0 Å². The molecule has 2 aromatic carbocycles. The van der Waals surface area contributed by atoms with Crippen LogP contribution in [0, 0.1) is 0 Å². The molecule has 43 heavy (non-hydrogen) atoms. The molecule has 0 aromatic heterocycles. The summed E-state index contributed by atoms with van der Waals surface area (Å²) in [6.07, 6.45) is 0. The number of hydrogen-bond donors (Lipinski definition) is 0. The van der Waals surface area contributed by atoms with Crippen molar-refractivity contribution in [2.75, 3.05) is 0 Å². The summed E-state index contributed by atoms with van der Waals surface area (Å²) in [4.78, 5) is 0. The fourth-order valence-electron chi connectivity index (χ4n) is 7.53. The maximum atomic E-state index is 2.65. The Hall–Kier alpha value is -1.56. The number of benzene rings is 2. The Balaban J connectivity index is 3.46. The van der Waals surface area contributed by atoms with E-state index in [0.29, 0.717) is 0 Å². The van der Waals surface area contributed by atoms with Crippen molar-refractivity contribution in [1.82, 2.24) is 0 Å².